The molecule has 6 heteroatoms. The van der Waals surface area contributed by atoms with E-state index < -0.39 is 35.6 Å². The first-order chi connectivity index (χ1) is 24.6. The molecule has 5 aromatic carbocycles. The molecule has 5 unspecified atom stereocenters. The lowest BCUT2D eigenvalue weighted by atomic mass is 9.71. The predicted octanol–water partition coefficient (Wildman–Crippen LogP) is 8.21. The lowest BCUT2D eigenvalue weighted by Crippen LogP contribution is -2.68. The van der Waals surface area contributed by atoms with E-state index in [1.54, 1.807) is 0 Å². The van der Waals surface area contributed by atoms with Crippen molar-refractivity contribution in [3.8, 4) is 0 Å². The summed E-state index contributed by atoms with van der Waals surface area (Å²) in [6, 6.07) is 50.6. The van der Waals surface area contributed by atoms with Gasteiger partial charge in [-0.1, -0.05) is 152 Å². The fourth-order valence-corrected chi connectivity index (χ4v) is 7.47. The van der Waals surface area contributed by atoms with Crippen molar-refractivity contribution in [2.24, 2.45) is 0 Å². The van der Waals surface area contributed by atoms with Crippen molar-refractivity contribution in [3.05, 3.63) is 179 Å². The summed E-state index contributed by atoms with van der Waals surface area (Å²) in [5, 5.41) is 13.0. The molecule has 0 aliphatic heterocycles. The molecule has 3 fully saturated rings. The van der Waals surface area contributed by atoms with E-state index in [0.717, 1.165) is 27.8 Å². The predicted molar refractivity (Wildman–Crippen MR) is 193 cm³/mol. The van der Waals surface area contributed by atoms with E-state index in [1.807, 2.05) is 115 Å². The van der Waals surface area contributed by atoms with E-state index in [2.05, 4.69) is 36.4 Å². The smallest absolute Gasteiger partial charge is 0.124 e. The Balaban J connectivity index is 1.30. The third-order valence-corrected chi connectivity index (χ3v) is 10.2. The van der Waals surface area contributed by atoms with Crippen LogP contribution in [0.2, 0.25) is 0 Å². The zero-order chi connectivity index (χ0) is 34.1. The first-order valence-corrected chi connectivity index (χ1v) is 17.6. The summed E-state index contributed by atoms with van der Waals surface area (Å²) in [5.41, 5.74) is 2.84. The zero-order valence-electron chi connectivity index (χ0n) is 28.4. The molecular formula is C44H46O6. The third kappa shape index (κ3) is 7.92. The molecule has 1 N–H and O–H groups in total. The van der Waals surface area contributed by atoms with Crippen LogP contribution in [0, 0.1) is 0 Å². The number of aliphatic hydroxyl groups is 1. The molecule has 6 nitrogen and oxygen atoms in total. The molecule has 6 atom stereocenters. The minimum Gasteiger partial charge on any atom is -0.384 e. The minimum atomic E-state index is -1.38. The molecule has 3 aliphatic rings. The molecule has 0 amide bonds. The van der Waals surface area contributed by atoms with Gasteiger partial charge in [0.1, 0.15) is 23.4 Å². The second-order valence-electron chi connectivity index (χ2n) is 13.5. The number of fused-ring (bicyclic) bond motifs is 4. The molecule has 50 heavy (non-hydrogen) atoms. The van der Waals surface area contributed by atoms with Crippen molar-refractivity contribution in [2.45, 2.75) is 87.9 Å². The van der Waals surface area contributed by atoms with Gasteiger partial charge in [-0.05, 0) is 40.7 Å². The highest BCUT2D eigenvalue weighted by molar-refractivity contribution is 5.22. The first kappa shape index (κ1) is 34.3. The number of ether oxygens (including phenoxy) is 5. The first-order valence-electron chi connectivity index (χ1n) is 17.6. The van der Waals surface area contributed by atoms with E-state index in [4.69, 9.17) is 23.7 Å². The Hall–Kier alpha value is -4.14. The average molecular weight is 671 g/mol. The second kappa shape index (κ2) is 16.3. The van der Waals surface area contributed by atoms with Crippen molar-refractivity contribution in [1.29, 1.82) is 0 Å². The van der Waals surface area contributed by atoms with E-state index >= 15 is 0 Å². The maximum atomic E-state index is 13.0. The standard InChI is InChI=1S/C44H46O6/c45-43-26-27-44(50-33-38-24-14-5-15-25-38,42(49-32-37-22-12-4-13-23-37)41(43)48-31-36-20-10-3-11-21-36)40(47-30-35-18-8-2-9-19-35)28-39(43)46-29-34-16-6-1-7-17-34/h1-25,39-42,45H,26-33H2/t39?,40?,41?,42?,43-,44?/m1/s1. The molecular weight excluding hydrogens is 624 g/mol. The summed E-state index contributed by atoms with van der Waals surface area (Å²) < 4.78 is 34.7. The Bertz CT molecular complexity index is 1720. The Morgan fingerprint density at radius 2 is 0.780 bits per heavy atom. The van der Waals surface area contributed by atoms with Crippen LogP contribution in [0.4, 0.5) is 0 Å². The molecule has 0 radical (unpaired) electrons. The highest BCUT2D eigenvalue weighted by Gasteiger charge is 2.67. The second-order valence-corrected chi connectivity index (χ2v) is 13.5. The Morgan fingerprint density at radius 3 is 1.22 bits per heavy atom. The van der Waals surface area contributed by atoms with Crippen LogP contribution < -0.4 is 0 Å². The fourth-order valence-electron chi connectivity index (χ4n) is 7.47. The van der Waals surface area contributed by atoms with Crippen LogP contribution in [0.15, 0.2) is 152 Å². The molecule has 8 rings (SSSR count). The fraction of sp³-hybridized carbons (Fsp3) is 0.318. The van der Waals surface area contributed by atoms with Gasteiger partial charge in [-0.2, -0.15) is 0 Å². The third-order valence-electron chi connectivity index (χ3n) is 10.2. The number of rotatable bonds is 15. The van der Waals surface area contributed by atoms with Gasteiger partial charge in [0.2, 0.25) is 0 Å². The average Bonchev–Trinajstić information content (AvgIpc) is 3.34. The van der Waals surface area contributed by atoms with Gasteiger partial charge in [0.25, 0.3) is 0 Å². The Kier molecular flexibility index (Phi) is 11.2. The maximum Gasteiger partial charge on any atom is 0.124 e. The SMILES string of the molecule is O[C@]12CCC(OCc3ccccc3)(C(OCc3ccccc3)CC1OCc1ccccc1)C(OCc1ccccc1)C2OCc1ccccc1. The van der Waals surface area contributed by atoms with Gasteiger partial charge in [-0.15, -0.1) is 0 Å². The largest absolute Gasteiger partial charge is 0.384 e. The summed E-state index contributed by atoms with van der Waals surface area (Å²) >= 11 is 0. The van der Waals surface area contributed by atoms with Gasteiger partial charge in [0, 0.05) is 6.42 Å². The monoisotopic (exact) mass is 670 g/mol. The molecule has 0 aromatic heterocycles. The molecule has 0 heterocycles. The van der Waals surface area contributed by atoms with Crippen molar-refractivity contribution in [3.63, 3.8) is 0 Å². The Labute approximate surface area is 295 Å². The van der Waals surface area contributed by atoms with Crippen molar-refractivity contribution in [2.75, 3.05) is 0 Å². The number of hydrogen-bond donors (Lipinski definition) is 1. The summed E-state index contributed by atoms with van der Waals surface area (Å²) in [7, 11) is 0. The van der Waals surface area contributed by atoms with E-state index in [0.29, 0.717) is 52.3 Å². The van der Waals surface area contributed by atoms with Gasteiger partial charge in [0.05, 0.1) is 45.2 Å². The zero-order valence-corrected chi connectivity index (χ0v) is 28.4. The molecule has 0 saturated heterocycles. The van der Waals surface area contributed by atoms with Crippen LogP contribution in [0.3, 0.4) is 0 Å². The van der Waals surface area contributed by atoms with Gasteiger partial charge in [-0.25, -0.2) is 0 Å². The van der Waals surface area contributed by atoms with Crippen LogP contribution in [-0.4, -0.2) is 40.7 Å². The minimum absolute atomic E-state index is 0.300. The highest BCUT2D eigenvalue weighted by atomic mass is 16.6. The Morgan fingerprint density at radius 1 is 0.420 bits per heavy atom. The van der Waals surface area contributed by atoms with Crippen molar-refractivity contribution in [1.82, 2.24) is 0 Å². The van der Waals surface area contributed by atoms with Crippen LogP contribution in [0.1, 0.15) is 47.1 Å². The molecule has 258 valence electrons. The van der Waals surface area contributed by atoms with Gasteiger partial charge < -0.3 is 28.8 Å². The highest BCUT2D eigenvalue weighted by Crippen LogP contribution is 2.52. The van der Waals surface area contributed by atoms with Gasteiger partial charge >= 0.3 is 0 Å². The summed E-state index contributed by atoms with van der Waals surface area (Å²) in [5.74, 6) is 0. The van der Waals surface area contributed by atoms with Crippen LogP contribution >= 0.6 is 0 Å². The quantitative estimate of drug-likeness (QED) is 0.121. The van der Waals surface area contributed by atoms with Gasteiger partial charge in [0.15, 0.2) is 0 Å². The summed E-state index contributed by atoms with van der Waals surface area (Å²) in [4.78, 5) is 0. The number of hydrogen-bond acceptors (Lipinski definition) is 6. The van der Waals surface area contributed by atoms with E-state index in [9.17, 15) is 5.11 Å². The lowest BCUT2D eigenvalue weighted by Gasteiger charge is -2.53. The van der Waals surface area contributed by atoms with Crippen molar-refractivity contribution >= 4 is 0 Å². The van der Waals surface area contributed by atoms with E-state index in [-0.39, 0.29) is 0 Å². The lowest BCUT2D eigenvalue weighted by molar-refractivity contribution is -0.292. The number of benzene rings is 5. The normalized spacial score (nSPS) is 26.0. The van der Waals surface area contributed by atoms with Crippen molar-refractivity contribution < 1.29 is 28.8 Å². The molecule has 3 saturated carbocycles. The molecule has 3 aliphatic carbocycles. The molecule has 5 aromatic rings. The maximum absolute atomic E-state index is 13.0. The van der Waals surface area contributed by atoms with Crippen LogP contribution in [-0.2, 0) is 56.7 Å². The molecule has 2 bridgehead atoms. The van der Waals surface area contributed by atoms with Crippen LogP contribution in [0.5, 0.6) is 0 Å². The topological polar surface area (TPSA) is 66.4 Å². The van der Waals surface area contributed by atoms with Crippen LogP contribution in [0.25, 0.3) is 0 Å². The van der Waals surface area contributed by atoms with Gasteiger partial charge in [-0.3, -0.25) is 0 Å². The molecule has 0 spiro atoms. The summed E-state index contributed by atoms with van der Waals surface area (Å²) in [6.07, 6.45) is -1.24. The van der Waals surface area contributed by atoms with E-state index in [1.165, 1.54) is 0 Å². The summed E-state index contributed by atoms with van der Waals surface area (Å²) in [6.45, 7) is 1.71.